The molecule has 0 saturated carbocycles. The number of nitrogens with zero attached hydrogens (tertiary/aromatic N) is 18. The number of rotatable bonds is 26. The van der Waals surface area contributed by atoms with E-state index in [0.717, 1.165) is 86.0 Å². The highest BCUT2D eigenvalue weighted by molar-refractivity contribution is 7.86. The molecular formula is C78H97F6N21O12S3. The minimum atomic E-state index is -3.60. The Bertz CT molecular complexity index is 5690. The number of nitrogens with one attached hydrogen (secondary N) is 1. The second-order valence-corrected chi connectivity index (χ2v) is 34.1. The summed E-state index contributed by atoms with van der Waals surface area (Å²) in [4.78, 5) is 107. The molecule has 8 aromatic heterocycles. The van der Waals surface area contributed by atoms with Gasteiger partial charge in [0.15, 0.2) is 45.7 Å². The highest BCUT2D eigenvalue weighted by Crippen LogP contribution is 2.33. The first kappa shape index (κ1) is 89.9. The van der Waals surface area contributed by atoms with Crippen LogP contribution in [0.3, 0.4) is 0 Å². The number of benzene rings is 3. The molecule has 2 amide bonds. The van der Waals surface area contributed by atoms with Crippen LogP contribution in [-0.4, -0.2) is 264 Å². The van der Waals surface area contributed by atoms with Crippen LogP contribution in [-0.2, 0) is 32.1 Å². The lowest BCUT2D eigenvalue weighted by molar-refractivity contribution is 0.0240. The van der Waals surface area contributed by atoms with E-state index in [-0.39, 0.29) is 87.3 Å². The Labute approximate surface area is 694 Å². The molecule has 120 heavy (non-hydrogen) atoms. The molecule has 0 aliphatic carbocycles. The zero-order valence-electron chi connectivity index (χ0n) is 68.2. The van der Waals surface area contributed by atoms with Crippen LogP contribution in [0.1, 0.15) is 96.8 Å². The molecule has 11 heterocycles. The Morgan fingerprint density at radius 2 is 0.967 bits per heavy atom. The molecule has 3 fully saturated rings. The standard InChI is InChI=1S/C27H30F2N10O3S.C21H31F2N3O3.C17H24F2N2O.C13H12N6O5S2/c1-35(2)6-5-31-25(40)16-14-19(18(29)15-17(16)28)37-10-7-36(8-11-37)9-12-38-23-21(43-27(38)41)24-32-22(20-4-3-13-42-20)34-39(24)26(30)33-23;1-21(2,3)29-20(28)26-11-9-25(10-12-26)18-13-15(16(22)14-17(18)23)19(27)7-6-8-24(4)5;1-20(2)8-6-7-17(22)13-11-16(15(19)12-14(13)18)21-9-4-3-5-10-21;1-26(21,22)24-6-4-18-10-8(25-13(18)20)11-15-9(7-3-2-5-23-7)17-19(11)12(14)16-10/h3-4,13-15H,5-12H2,1-2H3,(H2,30,33)(H,31,40);13-14H,6-12H2,1-5H3;11-12H,3-10H2,1-2H3;2-3,5H,4,6H2,1H3,(H2,14,16). The predicted molar refractivity (Wildman–Crippen MR) is 445 cm³/mol. The number of piperidine rings is 1. The van der Waals surface area contributed by atoms with Gasteiger partial charge in [0.25, 0.3) is 16.0 Å². The highest BCUT2D eigenvalue weighted by Gasteiger charge is 2.31. The summed E-state index contributed by atoms with van der Waals surface area (Å²) < 4.78 is 135. The third-order valence-corrected chi connectivity index (χ3v) is 22.0. The van der Waals surface area contributed by atoms with Gasteiger partial charge in [-0.3, -0.25) is 42.2 Å². The molecule has 5 N–H and O–H groups in total. The van der Waals surface area contributed by atoms with Crippen LogP contribution in [0.5, 0.6) is 0 Å². The second kappa shape index (κ2) is 39.5. The molecule has 0 spiro atoms. The lowest BCUT2D eigenvalue weighted by Crippen LogP contribution is -2.50. The summed E-state index contributed by atoms with van der Waals surface area (Å²) in [5, 5.41) is 11.3. The number of ether oxygens (including phenoxy) is 1. The van der Waals surface area contributed by atoms with E-state index in [4.69, 9.17) is 25.0 Å². The van der Waals surface area contributed by atoms with Crippen molar-refractivity contribution < 1.29 is 71.7 Å². The number of hydrogen-bond acceptors (Lipinski definition) is 29. The number of anilines is 5. The Morgan fingerprint density at radius 3 is 1.39 bits per heavy atom. The van der Waals surface area contributed by atoms with Gasteiger partial charge in [-0.05, 0) is 151 Å². The van der Waals surface area contributed by atoms with Crippen molar-refractivity contribution in [2.24, 2.45) is 0 Å². The van der Waals surface area contributed by atoms with Crippen molar-refractivity contribution in [1.29, 1.82) is 0 Å². The van der Waals surface area contributed by atoms with E-state index in [2.05, 4.69) is 44.5 Å². The maximum absolute atomic E-state index is 14.8. The third kappa shape index (κ3) is 22.8. The van der Waals surface area contributed by atoms with Crippen LogP contribution in [0.15, 0.2) is 91.6 Å². The average Bonchev–Trinajstić information content (AvgIpc) is 1.60. The summed E-state index contributed by atoms with van der Waals surface area (Å²) in [5.74, 6) is -3.96. The van der Waals surface area contributed by atoms with E-state index in [1.54, 1.807) is 64.3 Å². The first-order chi connectivity index (χ1) is 57.0. The van der Waals surface area contributed by atoms with Crippen LogP contribution in [0.25, 0.3) is 55.2 Å². The number of nitrogens with two attached hydrogens (primary N) is 2. The molecule has 0 unspecified atom stereocenters. The van der Waals surface area contributed by atoms with Gasteiger partial charge in [0, 0.05) is 123 Å². The molecule has 0 radical (unpaired) electrons. The molecule has 0 atom stereocenters. The molecule has 42 heteroatoms. The number of carbonyl (C=O) groups excluding carboxylic acids is 4. The van der Waals surface area contributed by atoms with Crippen molar-refractivity contribution in [2.75, 3.05) is 179 Å². The van der Waals surface area contributed by atoms with Gasteiger partial charge in [-0.2, -0.15) is 27.4 Å². The van der Waals surface area contributed by atoms with E-state index < -0.39 is 62.6 Å². The zero-order valence-corrected chi connectivity index (χ0v) is 70.7. The van der Waals surface area contributed by atoms with Crippen molar-refractivity contribution in [1.82, 2.24) is 78.1 Å². The van der Waals surface area contributed by atoms with Gasteiger partial charge in [0.05, 0.1) is 65.7 Å². The number of thiazole rings is 2. The number of Topliss-reactive ketones (excluding diaryl/α,β-unsaturated/α-hetero) is 2. The van der Waals surface area contributed by atoms with E-state index in [0.29, 0.717) is 159 Å². The highest BCUT2D eigenvalue weighted by atomic mass is 32.2. The number of nitrogen functional groups attached to an aromatic ring is 2. The number of piperazine rings is 2. The number of likely N-dealkylation sites (N-methyl/N-ethyl adjacent to an activating group) is 1. The monoisotopic (exact) mass is 1730 g/mol. The van der Waals surface area contributed by atoms with Gasteiger partial charge in [-0.25, -0.2) is 41.1 Å². The fraction of sp³-hybridized carbons (Fsp3) is 0.462. The van der Waals surface area contributed by atoms with Gasteiger partial charge in [-0.1, -0.05) is 22.7 Å². The number of fused-ring (bicyclic) bond motifs is 6. The van der Waals surface area contributed by atoms with E-state index in [1.807, 2.05) is 61.9 Å². The molecule has 646 valence electrons. The number of furan rings is 2. The molecule has 3 aromatic carbocycles. The van der Waals surface area contributed by atoms with Crippen LogP contribution in [0, 0.1) is 34.9 Å². The molecule has 3 aliphatic heterocycles. The van der Waals surface area contributed by atoms with Crippen LogP contribution in [0.2, 0.25) is 0 Å². The quantitative estimate of drug-likeness (QED) is 0.0258. The smallest absolute Gasteiger partial charge is 0.410 e. The second-order valence-electron chi connectivity index (χ2n) is 30.5. The number of ketones is 2. The zero-order chi connectivity index (χ0) is 86.6. The molecule has 3 aliphatic rings. The Hall–Kier alpha value is -10.9. The predicted octanol–water partition coefficient (Wildman–Crippen LogP) is 9.08. The minimum absolute atomic E-state index is 0.00763. The van der Waals surface area contributed by atoms with Crippen LogP contribution < -0.4 is 41.2 Å². The topological polar surface area (TPSA) is 367 Å². The van der Waals surface area contributed by atoms with Gasteiger partial charge >= 0.3 is 15.8 Å². The van der Waals surface area contributed by atoms with Crippen molar-refractivity contribution in [2.45, 2.75) is 84.4 Å². The molecular weight excluding hydrogens is 1630 g/mol. The fourth-order valence-corrected chi connectivity index (χ4v) is 15.7. The number of aromatic nitrogens is 10. The van der Waals surface area contributed by atoms with E-state index >= 15 is 0 Å². The molecule has 33 nitrogen and oxygen atoms in total. The number of carbonyl (C=O) groups is 4. The normalized spacial score (nSPS) is 14.3. The van der Waals surface area contributed by atoms with Gasteiger partial charge in [0.2, 0.25) is 23.5 Å². The largest absolute Gasteiger partial charge is 0.461 e. The number of halogens is 6. The third-order valence-electron chi connectivity index (χ3n) is 19.5. The summed E-state index contributed by atoms with van der Waals surface area (Å²) in [7, 11) is 7.79. The Morgan fingerprint density at radius 1 is 0.542 bits per heavy atom. The number of amides is 2. The summed E-state index contributed by atoms with van der Waals surface area (Å²) >= 11 is 1.94. The molecule has 14 rings (SSSR count). The number of hydrogen-bond donors (Lipinski definition) is 3. The van der Waals surface area contributed by atoms with Crippen LogP contribution >= 0.6 is 22.7 Å². The van der Waals surface area contributed by atoms with Crippen LogP contribution in [0.4, 0.5) is 60.1 Å². The first-order valence-corrected chi connectivity index (χ1v) is 42.2. The van der Waals surface area contributed by atoms with Crippen molar-refractivity contribution in [3.63, 3.8) is 0 Å². The molecule has 11 aromatic rings. The van der Waals surface area contributed by atoms with E-state index in [1.165, 1.54) is 44.3 Å². The lowest BCUT2D eigenvalue weighted by Gasteiger charge is -2.37. The van der Waals surface area contributed by atoms with Gasteiger partial charge in [-0.15, -0.1) is 10.2 Å². The summed E-state index contributed by atoms with van der Waals surface area (Å²) in [6.45, 7) is 13.6. The summed E-state index contributed by atoms with van der Waals surface area (Å²) in [6.07, 6.45) is 8.44. The van der Waals surface area contributed by atoms with Crippen molar-refractivity contribution >= 4 is 117 Å². The molecule has 0 bridgehead atoms. The van der Waals surface area contributed by atoms with Gasteiger partial charge in [0.1, 0.15) is 49.9 Å². The van der Waals surface area contributed by atoms with E-state index in [9.17, 15) is 63.5 Å². The maximum atomic E-state index is 14.8. The minimum Gasteiger partial charge on any atom is -0.461 e. The maximum Gasteiger partial charge on any atom is 0.410 e. The first-order valence-electron chi connectivity index (χ1n) is 38.7. The Balaban J connectivity index is 0.000000162. The van der Waals surface area contributed by atoms with Crippen molar-refractivity contribution in [3.05, 3.63) is 144 Å². The average molecular weight is 1730 g/mol. The van der Waals surface area contributed by atoms with Crippen molar-refractivity contribution in [3.8, 4) is 23.2 Å². The summed E-state index contributed by atoms with van der Waals surface area (Å²) in [6, 6.07) is 13.2. The molecule has 3 saturated heterocycles. The SMILES string of the molecule is CN(C)CCCC(=O)c1cc(N2CCCCC2)c(F)cc1F.CN(C)CCCC(=O)c1cc(N2CCN(C(=O)OC(C)(C)C)CC2)c(F)cc1F.CN(C)CCNC(=O)c1cc(N2CCN(CCn3c(=O)sc4c3nc(N)n3nc(-c5ccco5)nc43)CC2)c(F)cc1F.CS(=O)(=O)OCCn1c(=O)sc2c1nc(N)n1nc(-c3ccco3)nc21. The Kier molecular flexibility index (Phi) is 29.6. The lowest BCUT2D eigenvalue weighted by atomic mass is 10.0. The fourth-order valence-electron chi connectivity index (χ4n) is 13.4. The summed E-state index contributed by atoms with van der Waals surface area (Å²) in [5.41, 5.74) is 13.5. The van der Waals surface area contributed by atoms with Gasteiger partial charge < -0.3 is 64.7 Å².